The van der Waals surface area contributed by atoms with Crippen LogP contribution in [-0.2, 0) is 34.7 Å². The Bertz CT molecular complexity index is 1780. The summed E-state index contributed by atoms with van der Waals surface area (Å²) in [6, 6.07) is 17.5. The average molecular weight is 594 g/mol. The van der Waals surface area contributed by atoms with E-state index in [1.165, 1.54) is 19.2 Å². The number of nitrogens with one attached hydrogen (secondary N) is 1. The Morgan fingerprint density at radius 1 is 1.10 bits per heavy atom. The highest BCUT2D eigenvalue weighted by atomic mass is 35.5. The van der Waals surface area contributed by atoms with E-state index in [9.17, 15) is 18.0 Å². The molecule has 3 aromatic carbocycles. The van der Waals surface area contributed by atoms with Crippen LogP contribution in [-0.4, -0.2) is 50.4 Å². The first-order valence-electron chi connectivity index (χ1n) is 13.3. The molecule has 2 amide bonds. The molecule has 4 aromatic rings. The summed E-state index contributed by atoms with van der Waals surface area (Å²) in [5, 5.41) is 1.57. The minimum Gasteiger partial charge on any atom is -0.496 e. The van der Waals surface area contributed by atoms with Crippen molar-refractivity contribution in [2.45, 2.75) is 31.1 Å². The molecular formula is C31H32ClN3O5S. The van der Waals surface area contributed by atoms with Crippen LogP contribution in [0.5, 0.6) is 5.75 Å². The summed E-state index contributed by atoms with van der Waals surface area (Å²) >= 11 is 6.80. The molecule has 1 aromatic heterocycles. The van der Waals surface area contributed by atoms with Crippen molar-refractivity contribution in [3.05, 3.63) is 93.6 Å². The fraction of sp³-hybridized carbons (Fsp3) is 0.290. The highest BCUT2D eigenvalue weighted by Crippen LogP contribution is 2.35. The van der Waals surface area contributed by atoms with Gasteiger partial charge >= 0.3 is 0 Å². The molecule has 214 valence electrons. The molecule has 0 bridgehead atoms. The molecule has 2 heterocycles. The van der Waals surface area contributed by atoms with E-state index in [4.69, 9.17) is 16.3 Å². The van der Waals surface area contributed by atoms with Gasteiger partial charge in [0.25, 0.3) is 15.9 Å². The summed E-state index contributed by atoms with van der Waals surface area (Å²) in [6.07, 6.45) is 1.94. The Morgan fingerprint density at radius 3 is 2.54 bits per heavy atom. The molecular weight excluding hydrogens is 562 g/mol. The monoisotopic (exact) mass is 593 g/mol. The maximum Gasteiger partial charge on any atom is 0.265 e. The Balaban J connectivity index is 1.42. The first-order chi connectivity index (χ1) is 19.5. The largest absolute Gasteiger partial charge is 0.496 e. The lowest BCUT2D eigenvalue weighted by Crippen LogP contribution is -2.31. The van der Waals surface area contributed by atoms with Gasteiger partial charge < -0.3 is 14.2 Å². The number of aryl methyl sites for hydroxylation is 2. The molecule has 1 fully saturated rings. The van der Waals surface area contributed by atoms with Crippen molar-refractivity contribution in [2.24, 2.45) is 13.0 Å². The van der Waals surface area contributed by atoms with E-state index in [2.05, 4.69) is 10.8 Å². The van der Waals surface area contributed by atoms with Crippen molar-refractivity contribution in [1.29, 1.82) is 0 Å². The maximum atomic E-state index is 12.9. The van der Waals surface area contributed by atoms with Crippen molar-refractivity contribution in [1.82, 2.24) is 14.2 Å². The SMILES string of the molecule is COc1cc(C(=O)NS(=O)(=O)c2ccccc2C)ccc1Cc1c(Cl)n(C)c2ccc(CC3CCN(C)C3=O)cc12. The first-order valence-corrected chi connectivity index (χ1v) is 15.2. The van der Waals surface area contributed by atoms with Gasteiger partial charge in [0.15, 0.2) is 0 Å². The Labute approximate surface area is 244 Å². The van der Waals surface area contributed by atoms with Crippen LogP contribution >= 0.6 is 11.6 Å². The second-order valence-corrected chi connectivity index (χ2v) is 12.5. The molecule has 0 spiro atoms. The van der Waals surface area contributed by atoms with Gasteiger partial charge in [-0.2, -0.15) is 0 Å². The third-order valence-electron chi connectivity index (χ3n) is 7.84. The average Bonchev–Trinajstić information content (AvgIpc) is 3.38. The van der Waals surface area contributed by atoms with Crippen LogP contribution in [0.4, 0.5) is 0 Å². The fourth-order valence-electron chi connectivity index (χ4n) is 5.52. The number of hydrogen-bond donors (Lipinski definition) is 1. The molecule has 10 heteroatoms. The number of sulfonamides is 1. The van der Waals surface area contributed by atoms with Gasteiger partial charge in [0.1, 0.15) is 10.9 Å². The minimum absolute atomic E-state index is 0.0199. The number of halogens is 1. The number of ether oxygens (including phenoxy) is 1. The number of fused-ring (bicyclic) bond motifs is 1. The first kappa shape index (κ1) is 28.7. The highest BCUT2D eigenvalue weighted by Gasteiger charge is 2.29. The standard InChI is InChI=1S/C31H32ClN3O5S/c1-19-7-5-6-8-28(19)41(38,39)33-30(36)22-11-10-21(27(18-22)40-4)17-25-24-16-20(9-12-26(24)35(3)29(25)32)15-23-13-14-34(2)31(23)37/h5-12,16,18,23H,13-15,17H2,1-4H3,(H,33,36). The lowest BCUT2D eigenvalue weighted by molar-refractivity contribution is -0.129. The van der Waals surface area contributed by atoms with E-state index < -0.39 is 15.9 Å². The molecule has 41 heavy (non-hydrogen) atoms. The van der Waals surface area contributed by atoms with E-state index >= 15 is 0 Å². The van der Waals surface area contributed by atoms with Crippen LogP contribution in [0.25, 0.3) is 10.9 Å². The number of amides is 2. The van der Waals surface area contributed by atoms with Gasteiger partial charge in [0.05, 0.1) is 12.0 Å². The van der Waals surface area contributed by atoms with Crippen LogP contribution in [0, 0.1) is 12.8 Å². The predicted molar refractivity (Wildman–Crippen MR) is 159 cm³/mol. The van der Waals surface area contributed by atoms with E-state index in [0.717, 1.165) is 40.6 Å². The normalized spacial score (nSPS) is 15.5. The Morgan fingerprint density at radius 2 is 1.85 bits per heavy atom. The summed E-state index contributed by atoms with van der Waals surface area (Å²) in [4.78, 5) is 27.2. The molecule has 1 atom stereocenters. The third-order valence-corrected chi connectivity index (χ3v) is 9.81. The quantitative estimate of drug-likeness (QED) is 0.314. The number of methoxy groups -OCH3 is 1. The van der Waals surface area contributed by atoms with Gasteiger partial charge in [-0.05, 0) is 66.8 Å². The van der Waals surface area contributed by atoms with Crippen LogP contribution in [0.3, 0.4) is 0 Å². The molecule has 1 saturated heterocycles. The molecule has 1 unspecified atom stereocenters. The number of likely N-dealkylation sites (tertiary alicyclic amines) is 1. The third kappa shape index (κ3) is 5.56. The highest BCUT2D eigenvalue weighted by molar-refractivity contribution is 7.90. The summed E-state index contributed by atoms with van der Waals surface area (Å²) in [7, 11) is 1.20. The number of carbonyl (C=O) groups is 2. The number of benzene rings is 3. The van der Waals surface area contributed by atoms with Gasteiger partial charge in [-0.15, -0.1) is 0 Å². The smallest absolute Gasteiger partial charge is 0.265 e. The zero-order valence-electron chi connectivity index (χ0n) is 23.4. The maximum absolute atomic E-state index is 12.9. The lowest BCUT2D eigenvalue weighted by atomic mass is 9.95. The second-order valence-electron chi connectivity index (χ2n) is 10.5. The van der Waals surface area contributed by atoms with Crippen LogP contribution in [0.15, 0.2) is 65.6 Å². The molecule has 1 N–H and O–H groups in total. The van der Waals surface area contributed by atoms with Gasteiger partial charge in [-0.25, -0.2) is 13.1 Å². The number of rotatable bonds is 8. The van der Waals surface area contributed by atoms with Crippen molar-refractivity contribution >= 4 is 44.3 Å². The predicted octanol–water partition coefficient (Wildman–Crippen LogP) is 4.88. The molecule has 5 rings (SSSR count). The number of aromatic nitrogens is 1. The zero-order valence-corrected chi connectivity index (χ0v) is 25.0. The van der Waals surface area contributed by atoms with Gasteiger partial charge in [0, 0.05) is 55.0 Å². The van der Waals surface area contributed by atoms with E-state index in [0.29, 0.717) is 29.3 Å². The molecule has 0 aliphatic carbocycles. The number of hydrogen-bond acceptors (Lipinski definition) is 5. The molecule has 1 aliphatic rings. The van der Waals surface area contributed by atoms with Crippen molar-refractivity contribution in [3.63, 3.8) is 0 Å². The van der Waals surface area contributed by atoms with Crippen LogP contribution < -0.4 is 9.46 Å². The van der Waals surface area contributed by atoms with E-state index in [-0.39, 0.29) is 22.3 Å². The second kappa shape index (κ2) is 11.2. The summed E-state index contributed by atoms with van der Waals surface area (Å²) < 4.78 is 35.4. The topological polar surface area (TPSA) is 97.7 Å². The lowest BCUT2D eigenvalue weighted by Gasteiger charge is -2.13. The molecule has 0 radical (unpaired) electrons. The zero-order chi connectivity index (χ0) is 29.5. The number of nitrogens with zero attached hydrogens (tertiary/aromatic N) is 2. The fourth-order valence-corrected chi connectivity index (χ4v) is 7.00. The van der Waals surface area contributed by atoms with Crippen LogP contribution in [0.2, 0.25) is 5.15 Å². The minimum atomic E-state index is -4.05. The van der Waals surface area contributed by atoms with Crippen LogP contribution in [0.1, 0.15) is 39.0 Å². The van der Waals surface area contributed by atoms with Crippen molar-refractivity contribution in [2.75, 3.05) is 20.7 Å². The van der Waals surface area contributed by atoms with Gasteiger partial charge in [0.2, 0.25) is 5.91 Å². The van der Waals surface area contributed by atoms with Crippen molar-refractivity contribution < 1.29 is 22.7 Å². The Kier molecular flexibility index (Phi) is 7.85. The molecule has 8 nitrogen and oxygen atoms in total. The molecule has 1 aliphatic heterocycles. The number of carbonyl (C=O) groups excluding carboxylic acids is 2. The summed E-state index contributed by atoms with van der Waals surface area (Å²) in [5.74, 6) is -0.154. The summed E-state index contributed by atoms with van der Waals surface area (Å²) in [6.45, 7) is 2.45. The molecule has 0 saturated carbocycles. The van der Waals surface area contributed by atoms with E-state index in [1.807, 2.05) is 30.8 Å². The Hall–Kier alpha value is -3.82. The van der Waals surface area contributed by atoms with Gasteiger partial charge in [-0.1, -0.05) is 41.9 Å². The van der Waals surface area contributed by atoms with E-state index in [1.54, 1.807) is 42.2 Å². The van der Waals surface area contributed by atoms with Gasteiger partial charge in [-0.3, -0.25) is 9.59 Å². The summed E-state index contributed by atoms with van der Waals surface area (Å²) in [5.41, 5.74) is 4.43. The van der Waals surface area contributed by atoms with Crippen molar-refractivity contribution in [3.8, 4) is 5.75 Å².